The lowest BCUT2D eigenvalue weighted by atomic mass is 10.4. The second-order valence-corrected chi connectivity index (χ2v) is 16.5. The smallest absolute Gasteiger partial charge is 0.335 e. The molecule has 0 saturated carbocycles. The van der Waals surface area contributed by atoms with Crippen LogP contribution >= 0.6 is 21.6 Å². The van der Waals surface area contributed by atoms with E-state index in [2.05, 4.69) is 0 Å². The minimum Gasteiger partial charge on any atom is -0.378 e. The first-order valence-corrected chi connectivity index (χ1v) is 25.3. The van der Waals surface area contributed by atoms with Gasteiger partial charge in [-0.25, -0.2) is 9.59 Å². The van der Waals surface area contributed by atoms with Gasteiger partial charge in [-0.15, -0.1) is 10.1 Å². The van der Waals surface area contributed by atoms with E-state index in [1.165, 1.54) is 0 Å². The first kappa shape index (κ1) is 61.5. The Morgan fingerprint density at radius 3 is 0.676 bits per heavy atom. The van der Waals surface area contributed by atoms with E-state index in [-0.39, 0.29) is 65.0 Å². The van der Waals surface area contributed by atoms with Crippen molar-refractivity contribution in [3.05, 3.63) is 0 Å². The summed E-state index contributed by atoms with van der Waals surface area (Å²) in [7, 11) is 3.49. The standard InChI is InChI=1S/C42H72N2O22S2/c45-37-1-2-38(46)43(37)65-41(49)5-7-51-9-11-53-13-15-55-17-19-57-21-23-59-25-27-61-29-31-63-33-35-67-68-36-34-64-32-30-62-28-26-60-24-22-58-20-18-56-16-14-54-12-10-52-8-6-42(50)66-44-39(47)3-4-40(44)48/h1-36H2. The van der Waals surface area contributed by atoms with Crippen LogP contribution in [0, 0.1) is 0 Å². The molecule has 0 aromatic carbocycles. The molecule has 0 aliphatic carbocycles. The first-order chi connectivity index (χ1) is 33.4. The van der Waals surface area contributed by atoms with Crippen molar-refractivity contribution in [3.63, 3.8) is 0 Å². The van der Waals surface area contributed by atoms with Gasteiger partial charge in [-0.05, 0) is 0 Å². The van der Waals surface area contributed by atoms with Crippen LogP contribution in [0.5, 0.6) is 0 Å². The molecule has 0 N–H and O–H groups in total. The van der Waals surface area contributed by atoms with Gasteiger partial charge in [0.05, 0.1) is 198 Å². The highest BCUT2D eigenvalue weighted by Gasteiger charge is 2.33. The predicted molar refractivity (Wildman–Crippen MR) is 240 cm³/mol. The van der Waals surface area contributed by atoms with Gasteiger partial charge in [0.2, 0.25) is 0 Å². The van der Waals surface area contributed by atoms with Gasteiger partial charge in [-0.3, -0.25) is 19.2 Å². The number of imide groups is 2. The van der Waals surface area contributed by atoms with Crippen LogP contribution in [0.15, 0.2) is 0 Å². The van der Waals surface area contributed by atoms with Crippen LogP contribution in [0.3, 0.4) is 0 Å². The van der Waals surface area contributed by atoms with E-state index >= 15 is 0 Å². The number of rotatable bonds is 51. The molecule has 0 spiro atoms. The van der Waals surface area contributed by atoms with Crippen molar-refractivity contribution < 1.29 is 105 Å². The van der Waals surface area contributed by atoms with Crippen LogP contribution in [0.4, 0.5) is 0 Å². The zero-order chi connectivity index (χ0) is 48.8. The molecule has 2 fully saturated rings. The van der Waals surface area contributed by atoms with Gasteiger partial charge in [0.15, 0.2) is 0 Å². The van der Waals surface area contributed by atoms with Gasteiger partial charge in [0.1, 0.15) is 0 Å². The quantitative estimate of drug-likeness (QED) is 0.0459. The van der Waals surface area contributed by atoms with E-state index in [0.717, 1.165) is 11.5 Å². The molecule has 2 heterocycles. The molecule has 4 amide bonds. The molecule has 26 heteroatoms. The summed E-state index contributed by atoms with van der Waals surface area (Å²) in [4.78, 5) is 78.6. The number of carbonyl (C=O) groups is 6. The highest BCUT2D eigenvalue weighted by atomic mass is 33.1. The fourth-order valence-corrected chi connectivity index (χ4v) is 6.79. The highest BCUT2D eigenvalue weighted by Crippen LogP contribution is 2.20. The number of hydrogen-bond donors (Lipinski definition) is 0. The predicted octanol–water partition coefficient (Wildman–Crippen LogP) is 0.595. The summed E-state index contributed by atoms with van der Waals surface area (Å²) < 4.78 is 76.4. The van der Waals surface area contributed by atoms with E-state index in [4.69, 9.17) is 76.0 Å². The molecule has 2 aliphatic heterocycles. The zero-order valence-electron chi connectivity index (χ0n) is 39.1. The summed E-state index contributed by atoms with van der Waals surface area (Å²) in [5.74, 6) is -1.72. The maximum atomic E-state index is 11.7. The Kier molecular flexibility index (Phi) is 41.1. The van der Waals surface area contributed by atoms with Crippen LogP contribution in [-0.4, -0.2) is 242 Å². The van der Waals surface area contributed by atoms with Crippen molar-refractivity contribution >= 4 is 57.2 Å². The molecular weight excluding hydrogens is 949 g/mol. The molecule has 0 unspecified atom stereocenters. The molecule has 24 nitrogen and oxygen atoms in total. The third-order valence-corrected chi connectivity index (χ3v) is 10.8. The summed E-state index contributed by atoms with van der Waals surface area (Å²) in [5, 5.41) is 1.03. The van der Waals surface area contributed by atoms with Crippen molar-refractivity contribution in [1.82, 2.24) is 10.1 Å². The summed E-state index contributed by atoms with van der Waals surface area (Å²) >= 11 is 0. The van der Waals surface area contributed by atoms with E-state index in [0.29, 0.717) is 169 Å². The van der Waals surface area contributed by atoms with Crippen LogP contribution in [0.25, 0.3) is 0 Å². The van der Waals surface area contributed by atoms with Crippen LogP contribution in [0.2, 0.25) is 0 Å². The fourth-order valence-electron chi connectivity index (χ4n) is 5.07. The average molecular weight is 1020 g/mol. The SMILES string of the molecule is O=C(CCOCCOCCOCCOCCOCCOCCOCCSSCCOCCOCCOCCOCCOCCOCCOCCC(=O)ON1C(=O)CCC1=O)ON1C(=O)CCC1=O. The molecule has 0 atom stereocenters. The Morgan fingerprint density at radius 1 is 0.294 bits per heavy atom. The van der Waals surface area contributed by atoms with Crippen LogP contribution < -0.4 is 0 Å². The lowest BCUT2D eigenvalue weighted by molar-refractivity contribution is -0.198. The Morgan fingerprint density at radius 2 is 0.471 bits per heavy atom. The van der Waals surface area contributed by atoms with Crippen molar-refractivity contribution in [3.8, 4) is 0 Å². The molecular formula is C42H72N2O22S2. The van der Waals surface area contributed by atoms with Crippen LogP contribution in [0.1, 0.15) is 38.5 Å². The second-order valence-electron chi connectivity index (χ2n) is 13.8. The zero-order valence-corrected chi connectivity index (χ0v) is 40.8. The molecule has 394 valence electrons. The third kappa shape index (κ3) is 36.3. The molecule has 2 rings (SSSR count). The summed E-state index contributed by atoms with van der Waals surface area (Å²) in [6, 6.07) is 0. The van der Waals surface area contributed by atoms with E-state index in [9.17, 15) is 28.8 Å². The monoisotopic (exact) mass is 1020 g/mol. The van der Waals surface area contributed by atoms with E-state index < -0.39 is 35.6 Å². The van der Waals surface area contributed by atoms with Crippen molar-refractivity contribution in [2.45, 2.75) is 38.5 Å². The highest BCUT2D eigenvalue weighted by molar-refractivity contribution is 8.76. The van der Waals surface area contributed by atoms with E-state index in [1.807, 2.05) is 0 Å². The van der Waals surface area contributed by atoms with E-state index in [1.54, 1.807) is 21.6 Å². The van der Waals surface area contributed by atoms with Gasteiger partial charge in [0.25, 0.3) is 23.6 Å². The number of ether oxygens (including phenoxy) is 14. The number of hydroxylamine groups is 4. The summed E-state index contributed by atoms with van der Waals surface area (Å²) in [6.45, 7) is 11.8. The van der Waals surface area contributed by atoms with Crippen molar-refractivity contribution in [1.29, 1.82) is 0 Å². The average Bonchev–Trinajstić information content (AvgIpc) is 3.82. The lowest BCUT2D eigenvalue weighted by Crippen LogP contribution is -2.32. The number of carbonyl (C=O) groups excluding carboxylic acids is 6. The third-order valence-electron chi connectivity index (χ3n) is 8.47. The van der Waals surface area contributed by atoms with Gasteiger partial charge in [0, 0.05) is 37.2 Å². The fraction of sp³-hybridized carbons (Fsp3) is 0.857. The Bertz CT molecular complexity index is 1200. The molecule has 0 bridgehead atoms. The molecule has 0 radical (unpaired) electrons. The molecule has 2 aliphatic rings. The molecule has 2 saturated heterocycles. The van der Waals surface area contributed by atoms with Gasteiger partial charge >= 0.3 is 11.9 Å². The Labute approximate surface area is 406 Å². The minimum absolute atomic E-state index is 0.0530. The van der Waals surface area contributed by atoms with Crippen LogP contribution in [-0.2, 0) is 105 Å². The number of amides is 4. The largest absolute Gasteiger partial charge is 0.378 e. The Balaban J connectivity index is 1.12. The first-order valence-electron chi connectivity index (χ1n) is 22.8. The second kappa shape index (κ2) is 45.5. The van der Waals surface area contributed by atoms with Gasteiger partial charge in [-0.1, -0.05) is 21.6 Å². The molecule has 0 aromatic rings. The van der Waals surface area contributed by atoms with Gasteiger partial charge < -0.3 is 76.0 Å². The lowest BCUT2D eigenvalue weighted by Gasteiger charge is -2.12. The van der Waals surface area contributed by atoms with Crippen molar-refractivity contribution in [2.24, 2.45) is 0 Å². The Hall–Kier alpha value is -2.64. The van der Waals surface area contributed by atoms with Crippen molar-refractivity contribution in [2.75, 3.05) is 196 Å². The maximum Gasteiger partial charge on any atom is 0.335 e. The minimum atomic E-state index is -0.704. The summed E-state index contributed by atoms with van der Waals surface area (Å²) in [5.41, 5.74) is 0. The molecule has 68 heavy (non-hydrogen) atoms. The number of hydrogen-bond acceptors (Lipinski definition) is 24. The maximum absolute atomic E-state index is 11.7. The summed E-state index contributed by atoms with van der Waals surface area (Å²) in [6.07, 6.45) is 0.0509. The van der Waals surface area contributed by atoms with Gasteiger partial charge in [-0.2, -0.15) is 0 Å². The topological polar surface area (TPSA) is 257 Å². The normalized spacial score (nSPS) is 14.0. The molecule has 0 aromatic heterocycles. The number of nitrogens with zero attached hydrogens (tertiary/aromatic N) is 2.